The molecule has 146 valence electrons. The Morgan fingerprint density at radius 2 is 1.93 bits per heavy atom. The van der Waals surface area contributed by atoms with E-state index < -0.39 is 0 Å². The predicted octanol–water partition coefficient (Wildman–Crippen LogP) is 3.71. The van der Waals surface area contributed by atoms with Crippen LogP contribution in [-0.4, -0.2) is 30.9 Å². The molecule has 2 heterocycles. The molecule has 1 saturated heterocycles. The number of carbonyl (C=O) groups is 2. The zero-order chi connectivity index (χ0) is 18.5. The van der Waals surface area contributed by atoms with Gasteiger partial charge in [-0.3, -0.25) is 9.59 Å². The van der Waals surface area contributed by atoms with Crippen LogP contribution in [0.25, 0.3) is 0 Å². The van der Waals surface area contributed by atoms with Gasteiger partial charge in [0.05, 0.1) is 5.56 Å². The van der Waals surface area contributed by atoms with Crippen LogP contribution in [0.2, 0.25) is 0 Å². The normalized spacial score (nSPS) is 19.0. The maximum absolute atomic E-state index is 12.7. The van der Waals surface area contributed by atoms with Crippen LogP contribution < -0.4 is 16.0 Å². The molecule has 2 atom stereocenters. The lowest BCUT2D eigenvalue weighted by Crippen LogP contribution is -2.48. The molecule has 3 rings (SSSR count). The van der Waals surface area contributed by atoms with Gasteiger partial charge in [0, 0.05) is 11.6 Å². The van der Waals surface area contributed by atoms with E-state index >= 15 is 0 Å². The molecule has 0 aliphatic carbocycles. The van der Waals surface area contributed by atoms with Crippen molar-refractivity contribution in [3.05, 3.63) is 52.4 Å². The number of hydrogen-bond acceptors (Lipinski definition) is 4. The lowest BCUT2D eigenvalue weighted by molar-refractivity contribution is 0.0915. The third-order valence-electron chi connectivity index (χ3n) is 4.86. The average molecular weight is 408 g/mol. The number of anilines is 1. The maximum atomic E-state index is 12.7. The number of benzene rings is 1. The van der Waals surface area contributed by atoms with Crippen LogP contribution in [0, 0.1) is 5.92 Å². The van der Waals surface area contributed by atoms with Crippen molar-refractivity contribution >= 4 is 40.6 Å². The minimum atomic E-state index is -0.195. The number of amides is 2. The summed E-state index contributed by atoms with van der Waals surface area (Å²) < 4.78 is 0. The van der Waals surface area contributed by atoms with E-state index in [2.05, 4.69) is 29.8 Å². The van der Waals surface area contributed by atoms with Crippen molar-refractivity contribution in [1.82, 2.24) is 10.6 Å². The molecule has 1 aromatic carbocycles. The third-order valence-corrected chi connectivity index (χ3v) is 5.69. The molecule has 5 nitrogen and oxygen atoms in total. The van der Waals surface area contributed by atoms with Gasteiger partial charge in [-0.2, -0.15) is 0 Å². The molecule has 0 radical (unpaired) electrons. The summed E-state index contributed by atoms with van der Waals surface area (Å²) in [6.07, 6.45) is 1.86. The van der Waals surface area contributed by atoms with E-state index in [0.717, 1.165) is 25.9 Å². The summed E-state index contributed by atoms with van der Waals surface area (Å²) >= 11 is 1.37. The van der Waals surface area contributed by atoms with E-state index in [1.54, 1.807) is 6.07 Å². The molecular formula is C20H26ClN3O2S. The summed E-state index contributed by atoms with van der Waals surface area (Å²) in [4.78, 5) is 25.1. The van der Waals surface area contributed by atoms with Crippen LogP contribution in [0.15, 0.2) is 35.7 Å². The Kier molecular flexibility index (Phi) is 7.83. The molecule has 1 aromatic heterocycles. The molecule has 1 aliphatic heterocycles. The summed E-state index contributed by atoms with van der Waals surface area (Å²) in [6, 6.07) is 9.47. The average Bonchev–Trinajstić information content (AvgIpc) is 3.12. The molecule has 2 aromatic rings. The van der Waals surface area contributed by atoms with E-state index in [1.807, 2.05) is 29.6 Å². The molecule has 0 bridgehead atoms. The predicted molar refractivity (Wildman–Crippen MR) is 113 cm³/mol. The first kappa shape index (κ1) is 21.4. The van der Waals surface area contributed by atoms with Crippen molar-refractivity contribution in [2.75, 3.05) is 18.4 Å². The number of rotatable bonds is 5. The van der Waals surface area contributed by atoms with Crippen LogP contribution in [0.5, 0.6) is 0 Å². The molecule has 27 heavy (non-hydrogen) atoms. The molecular weight excluding hydrogens is 382 g/mol. The standard InChI is InChI=1S/C20H25N3O2S.ClH/c1-3-14-4-6-15(7-5-14)18(24)23-20-16(9-11-26-20)19(25)22-17-8-10-21-12-13(17)2;/h4-7,9,11,13,17,21H,3,8,10,12H2,1-2H3,(H,22,25)(H,23,24);1H. The Labute approximate surface area is 170 Å². The van der Waals surface area contributed by atoms with Crippen LogP contribution in [-0.2, 0) is 6.42 Å². The van der Waals surface area contributed by atoms with Gasteiger partial charge in [-0.25, -0.2) is 0 Å². The first-order valence-electron chi connectivity index (χ1n) is 9.08. The van der Waals surface area contributed by atoms with E-state index in [9.17, 15) is 9.59 Å². The topological polar surface area (TPSA) is 70.2 Å². The van der Waals surface area contributed by atoms with Gasteiger partial charge in [0.2, 0.25) is 0 Å². The first-order valence-corrected chi connectivity index (χ1v) is 9.95. The fourth-order valence-corrected chi connectivity index (χ4v) is 3.91. The highest BCUT2D eigenvalue weighted by Crippen LogP contribution is 2.25. The minimum absolute atomic E-state index is 0. The molecule has 0 saturated carbocycles. The number of halogens is 1. The van der Waals surface area contributed by atoms with Crippen LogP contribution >= 0.6 is 23.7 Å². The zero-order valence-corrected chi connectivity index (χ0v) is 17.2. The van der Waals surface area contributed by atoms with Crippen molar-refractivity contribution < 1.29 is 9.59 Å². The smallest absolute Gasteiger partial charge is 0.256 e. The quantitative estimate of drug-likeness (QED) is 0.707. The Bertz CT molecular complexity index is 776. The van der Waals surface area contributed by atoms with Crippen molar-refractivity contribution in [1.29, 1.82) is 0 Å². The van der Waals surface area contributed by atoms with Crippen molar-refractivity contribution in [3.8, 4) is 0 Å². The van der Waals surface area contributed by atoms with Crippen molar-refractivity contribution in [2.24, 2.45) is 5.92 Å². The second kappa shape index (κ2) is 9.88. The van der Waals surface area contributed by atoms with Crippen molar-refractivity contribution in [3.63, 3.8) is 0 Å². The highest BCUT2D eigenvalue weighted by Gasteiger charge is 2.24. The number of thiophene rings is 1. The van der Waals surface area contributed by atoms with E-state index in [4.69, 9.17) is 0 Å². The van der Waals surface area contributed by atoms with Gasteiger partial charge in [-0.1, -0.05) is 26.0 Å². The van der Waals surface area contributed by atoms with E-state index in [-0.39, 0.29) is 30.3 Å². The number of nitrogens with one attached hydrogen (secondary N) is 3. The molecule has 2 amide bonds. The Balaban J connectivity index is 0.00000261. The summed E-state index contributed by atoms with van der Waals surface area (Å²) in [6.45, 7) is 6.03. The van der Waals surface area contributed by atoms with Gasteiger partial charge >= 0.3 is 0 Å². The Hall–Kier alpha value is -1.89. The SMILES string of the molecule is CCc1ccc(C(=O)Nc2sccc2C(=O)NC2CCNCC2C)cc1.Cl. The fourth-order valence-electron chi connectivity index (χ4n) is 3.13. The van der Waals surface area contributed by atoms with Crippen LogP contribution in [0.4, 0.5) is 5.00 Å². The van der Waals surface area contributed by atoms with E-state index in [0.29, 0.717) is 22.0 Å². The summed E-state index contributed by atoms with van der Waals surface area (Å²) in [7, 11) is 0. The van der Waals surface area contributed by atoms with Crippen LogP contribution in [0.3, 0.4) is 0 Å². The first-order chi connectivity index (χ1) is 12.6. The highest BCUT2D eigenvalue weighted by atomic mass is 35.5. The van der Waals surface area contributed by atoms with Gasteiger partial charge in [-0.05, 0) is 61.0 Å². The molecule has 1 aliphatic rings. The summed E-state index contributed by atoms with van der Waals surface area (Å²) in [5.41, 5.74) is 2.31. The highest BCUT2D eigenvalue weighted by molar-refractivity contribution is 7.14. The van der Waals surface area contributed by atoms with Crippen LogP contribution in [0.1, 0.15) is 46.5 Å². The second-order valence-corrected chi connectivity index (χ2v) is 7.63. The number of aryl methyl sites for hydroxylation is 1. The van der Waals surface area contributed by atoms with Gasteiger partial charge in [0.1, 0.15) is 5.00 Å². The molecule has 7 heteroatoms. The van der Waals surface area contributed by atoms with Gasteiger partial charge in [-0.15, -0.1) is 23.7 Å². The second-order valence-electron chi connectivity index (χ2n) is 6.72. The zero-order valence-electron chi connectivity index (χ0n) is 15.6. The summed E-state index contributed by atoms with van der Waals surface area (Å²) in [5, 5.41) is 11.7. The van der Waals surface area contributed by atoms with Crippen molar-refractivity contribution in [2.45, 2.75) is 32.7 Å². The van der Waals surface area contributed by atoms with Gasteiger partial charge < -0.3 is 16.0 Å². The molecule has 0 spiro atoms. The number of hydrogen-bond donors (Lipinski definition) is 3. The van der Waals surface area contributed by atoms with Gasteiger partial charge in [0.25, 0.3) is 11.8 Å². The number of piperidine rings is 1. The molecule has 1 fully saturated rings. The Morgan fingerprint density at radius 3 is 2.59 bits per heavy atom. The molecule has 3 N–H and O–H groups in total. The minimum Gasteiger partial charge on any atom is -0.349 e. The monoisotopic (exact) mass is 407 g/mol. The lowest BCUT2D eigenvalue weighted by atomic mass is 9.95. The summed E-state index contributed by atoms with van der Waals surface area (Å²) in [5.74, 6) is 0.0717. The largest absolute Gasteiger partial charge is 0.349 e. The third kappa shape index (κ3) is 5.31. The Morgan fingerprint density at radius 1 is 1.19 bits per heavy atom. The number of carbonyl (C=O) groups excluding carboxylic acids is 2. The van der Waals surface area contributed by atoms with E-state index in [1.165, 1.54) is 16.9 Å². The van der Waals surface area contributed by atoms with Gasteiger partial charge in [0.15, 0.2) is 0 Å². The maximum Gasteiger partial charge on any atom is 0.256 e. The fraction of sp³-hybridized carbons (Fsp3) is 0.400. The molecule has 2 unspecified atom stereocenters. The lowest BCUT2D eigenvalue weighted by Gasteiger charge is -2.30.